The zero-order valence-electron chi connectivity index (χ0n) is 12.5. The van der Waals surface area contributed by atoms with Gasteiger partial charge in [-0.05, 0) is 54.3 Å². The number of allylic oxidation sites excluding steroid dienone is 6. The minimum absolute atomic E-state index is 0.141. The molecule has 0 atom stereocenters. The summed E-state index contributed by atoms with van der Waals surface area (Å²) >= 11 is 0. The highest BCUT2D eigenvalue weighted by molar-refractivity contribution is 7.95. The summed E-state index contributed by atoms with van der Waals surface area (Å²) in [6, 6.07) is 6.15. The van der Waals surface area contributed by atoms with Crippen molar-refractivity contribution < 1.29 is 13.2 Å². The summed E-state index contributed by atoms with van der Waals surface area (Å²) < 4.78 is 30.0. The van der Waals surface area contributed by atoms with Gasteiger partial charge in [-0.3, -0.25) is 0 Å². The fourth-order valence-corrected chi connectivity index (χ4v) is 3.23. The standard InChI is InChI=1S/C17H19NO3S/c1-3-13-6-4-5-7-14(13)12-17(18)22(19,20)16-10-8-15(21-2)9-11-16/h3,6-12H,1,4-5,18H2,2H3/b17-12+. The minimum atomic E-state index is -3.71. The third-order valence-electron chi connectivity index (χ3n) is 3.43. The van der Waals surface area contributed by atoms with Gasteiger partial charge in [0.1, 0.15) is 10.8 Å². The van der Waals surface area contributed by atoms with Crippen LogP contribution in [0.1, 0.15) is 12.8 Å². The summed E-state index contributed by atoms with van der Waals surface area (Å²) in [6.45, 7) is 3.74. The highest BCUT2D eigenvalue weighted by Crippen LogP contribution is 2.25. The lowest BCUT2D eigenvalue weighted by atomic mass is 9.98. The molecule has 4 nitrogen and oxygen atoms in total. The van der Waals surface area contributed by atoms with Crippen LogP contribution in [-0.4, -0.2) is 15.5 Å². The van der Waals surface area contributed by atoms with Crippen molar-refractivity contribution in [2.45, 2.75) is 17.7 Å². The van der Waals surface area contributed by atoms with Crippen LogP contribution in [0.25, 0.3) is 0 Å². The molecule has 0 bridgehead atoms. The number of nitrogens with two attached hydrogens (primary N) is 1. The summed E-state index contributed by atoms with van der Waals surface area (Å²) in [5.74, 6) is 0.591. The van der Waals surface area contributed by atoms with Gasteiger partial charge < -0.3 is 10.5 Å². The van der Waals surface area contributed by atoms with Crippen LogP contribution in [0.2, 0.25) is 0 Å². The van der Waals surface area contributed by atoms with Gasteiger partial charge in [-0.1, -0.05) is 24.8 Å². The molecule has 1 aliphatic carbocycles. The molecule has 5 heteroatoms. The van der Waals surface area contributed by atoms with Crippen LogP contribution in [0, 0.1) is 0 Å². The number of rotatable bonds is 5. The summed E-state index contributed by atoms with van der Waals surface area (Å²) in [7, 11) is -2.19. The number of benzene rings is 1. The number of sulfone groups is 1. The van der Waals surface area contributed by atoms with Crippen molar-refractivity contribution in [3.8, 4) is 5.75 Å². The second-order valence-corrected chi connectivity index (χ2v) is 6.78. The number of hydrogen-bond donors (Lipinski definition) is 1. The maximum Gasteiger partial charge on any atom is 0.221 e. The average molecular weight is 317 g/mol. The van der Waals surface area contributed by atoms with E-state index in [4.69, 9.17) is 10.5 Å². The van der Waals surface area contributed by atoms with Crippen LogP contribution in [0.4, 0.5) is 0 Å². The Morgan fingerprint density at radius 2 is 1.77 bits per heavy atom. The Kier molecular flexibility index (Phi) is 4.88. The molecule has 0 aromatic heterocycles. The topological polar surface area (TPSA) is 69.4 Å². The predicted octanol–water partition coefficient (Wildman–Crippen LogP) is 3.10. The molecule has 1 aromatic carbocycles. The molecule has 0 aliphatic heterocycles. The molecule has 0 fully saturated rings. The van der Waals surface area contributed by atoms with E-state index in [-0.39, 0.29) is 9.92 Å². The highest BCUT2D eigenvalue weighted by Gasteiger charge is 2.19. The Bertz CT molecular complexity index is 754. The summed E-state index contributed by atoms with van der Waals surface area (Å²) in [5.41, 5.74) is 7.53. The first kappa shape index (κ1) is 16.1. The van der Waals surface area contributed by atoms with Gasteiger partial charge in [-0.15, -0.1) is 0 Å². The lowest BCUT2D eigenvalue weighted by Crippen LogP contribution is -2.13. The van der Waals surface area contributed by atoms with Crippen LogP contribution >= 0.6 is 0 Å². The fourth-order valence-electron chi connectivity index (χ4n) is 2.18. The van der Waals surface area contributed by atoms with Gasteiger partial charge in [0, 0.05) is 0 Å². The number of methoxy groups -OCH3 is 1. The van der Waals surface area contributed by atoms with Crippen LogP contribution in [-0.2, 0) is 9.84 Å². The maximum atomic E-state index is 12.5. The Morgan fingerprint density at radius 3 is 2.32 bits per heavy atom. The van der Waals surface area contributed by atoms with E-state index < -0.39 is 9.84 Å². The molecule has 0 spiro atoms. The molecular formula is C17H19NO3S. The van der Waals surface area contributed by atoms with Crippen LogP contribution in [0.15, 0.2) is 76.2 Å². The van der Waals surface area contributed by atoms with Gasteiger partial charge in [0.2, 0.25) is 9.84 Å². The van der Waals surface area contributed by atoms with Crippen LogP contribution in [0.3, 0.4) is 0 Å². The molecule has 0 unspecified atom stereocenters. The van der Waals surface area contributed by atoms with E-state index in [1.165, 1.54) is 25.3 Å². The average Bonchev–Trinajstić information content (AvgIpc) is 2.55. The predicted molar refractivity (Wildman–Crippen MR) is 88.0 cm³/mol. The summed E-state index contributed by atoms with van der Waals surface area (Å²) in [5, 5.41) is -0.182. The lowest BCUT2D eigenvalue weighted by Gasteiger charge is -2.11. The van der Waals surface area contributed by atoms with E-state index >= 15 is 0 Å². The smallest absolute Gasteiger partial charge is 0.221 e. The monoisotopic (exact) mass is 317 g/mol. The van der Waals surface area contributed by atoms with Crippen LogP contribution in [0.5, 0.6) is 5.75 Å². The van der Waals surface area contributed by atoms with Crippen molar-refractivity contribution in [2.75, 3.05) is 7.11 Å². The molecule has 1 aliphatic rings. The van der Waals surface area contributed by atoms with E-state index in [0.717, 1.165) is 24.0 Å². The molecule has 2 N–H and O–H groups in total. The van der Waals surface area contributed by atoms with Crippen LogP contribution < -0.4 is 10.5 Å². The Balaban J connectivity index is 2.35. The molecule has 22 heavy (non-hydrogen) atoms. The van der Waals surface area contributed by atoms with E-state index in [1.54, 1.807) is 18.2 Å². The second-order valence-electron chi connectivity index (χ2n) is 4.83. The first-order valence-electron chi connectivity index (χ1n) is 6.88. The Hall–Kier alpha value is -2.27. The first-order chi connectivity index (χ1) is 10.5. The molecule has 0 amide bonds. The largest absolute Gasteiger partial charge is 0.497 e. The Morgan fingerprint density at radius 1 is 1.18 bits per heavy atom. The molecule has 1 aromatic rings. The SMILES string of the molecule is C=CC1=CCCC=C1/C=C(\N)S(=O)(=O)c1ccc(OC)cc1. The van der Waals surface area contributed by atoms with Gasteiger partial charge in [0.25, 0.3) is 0 Å². The first-order valence-corrected chi connectivity index (χ1v) is 8.37. The third kappa shape index (κ3) is 3.31. The van der Waals surface area contributed by atoms with E-state index in [9.17, 15) is 8.42 Å². The van der Waals surface area contributed by atoms with Gasteiger partial charge in [0.15, 0.2) is 0 Å². The van der Waals surface area contributed by atoms with E-state index in [1.807, 2.05) is 12.2 Å². The summed E-state index contributed by atoms with van der Waals surface area (Å²) in [6.07, 6.45) is 8.96. The van der Waals surface area contributed by atoms with E-state index in [0.29, 0.717) is 5.75 Å². The minimum Gasteiger partial charge on any atom is -0.497 e. The van der Waals surface area contributed by atoms with Gasteiger partial charge in [-0.2, -0.15) is 0 Å². The maximum absolute atomic E-state index is 12.5. The Labute approximate surface area is 131 Å². The van der Waals surface area contributed by atoms with Gasteiger partial charge >= 0.3 is 0 Å². The highest BCUT2D eigenvalue weighted by atomic mass is 32.2. The molecule has 0 saturated heterocycles. The molecular weight excluding hydrogens is 298 g/mol. The quantitative estimate of drug-likeness (QED) is 0.906. The number of ether oxygens (including phenoxy) is 1. The molecule has 0 saturated carbocycles. The van der Waals surface area contributed by atoms with Crippen molar-refractivity contribution in [1.82, 2.24) is 0 Å². The van der Waals surface area contributed by atoms with Crippen molar-refractivity contribution in [1.29, 1.82) is 0 Å². The third-order valence-corrected chi connectivity index (χ3v) is 5.06. The van der Waals surface area contributed by atoms with E-state index in [2.05, 4.69) is 6.58 Å². The normalized spacial score (nSPS) is 15.8. The zero-order chi connectivity index (χ0) is 16.2. The zero-order valence-corrected chi connectivity index (χ0v) is 13.3. The molecule has 0 heterocycles. The summed E-state index contributed by atoms with van der Waals surface area (Å²) in [4.78, 5) is 0.141. The van der Waals surface area contributed by atoms with Crippen molar-refractivity contribution in [3.05, 3.63) is 71.3 Å². The van der Waals surface area contributed by atoms with Gasteiger partial charge in [-0.25, -0.2) is 8.42 Å². The molecule has 0 radical (unpaired) electrons. The van der Waals surface area contributed by atoms with Crippen molar-refractivity contribution >= 4 is 9.84 Å². The second kappa shape index (κ2) is 6.66. The lowest BCUT2D eigenvalue weighted by molar-refractivity contribution is 0.414. The fraction of sp³-hybridized carbons (Fsp3) is 0.176. The number of hydrogen-bond acceptors (Lipinski definition) is 4. The van der Waals surface area contributed by atoms with Crippen molar-refractivity contribution in [2.24, 2.45) is 5.73 Å². The van der Waals surface area contributed by atoms with Gasteiger partial charge in [0.05, 0.1) is 12.0 Å². The van der Waals surface area contributed by atoms with Crippen molar-refractivity contribution in [3.63, 3.8) is 0 Å². The molecule has 116 valence electrons. The molecule has 2 rings (SSSR count).